The van der Waals surface area contributed by atoms with Gasteiger partial charge in [0.25, 0.3) is 0 Å². The van der Waals surface area contributed by atoms with Gasteiger partial charge < -0.3 is 0 Å². The molecule has 1 heterocycles. The van der Waals surface area contributed by atoms with Crippen molar-refractivity contribution in [3.8, 4) is 0 Å². The highest BCUT2D eigenvalue weighted by Crippen LogP contribution is 2.24. The summed E-state index contributed by atoms with van der Waals surface area (Å²) in [6.07, 6.45) is 5.37. The lowest BCUT2D eigenvalue weighted by molar-refractivity contribution is -0.118. The standard InChI is InChI=1S/C8H11NO/c10-7-5-3-1-2-4-6-8(7)9-6/h8H,1-5H2/t8-/m0/s1. The molecule has 0 saturated heterocycles. The lowest BCUT2D eigenvalue weighted by Gasteiger charge is -2.02. The first kappa shape index (κ1) is 6.08. The predicted octanol–water partition coefficient (Wildman–Crippen LogP) is 1.34. The topological polar surface area (TPSA) is 29.4 Å². The van der Waals surface area contributed by atoms with Crippen LogP contribution in [0.15, 0.2) is 4.99 Å². The Balaban J connectivity index is 1.98. The Morgan fingerprint density at radius 1 is 1.20 bits per heavy atom. The molecule has 1 atom stereocenters. The van der Waals surface area contributed by atoms with Crippen LogP contribution in [0.5, 0.6) is 0 Å². The van der Waals surface area contributed by atoms with E-state index < -0.39 is 0 Å². The lowest BCUT2D eigenvalue weighted by Crippen LogP contribution is -2.14. The second-order valence-corrected chi connectivity index (χ2v) is 3.05. The molecule has 0 radical (unpaired) electrons. The summed E-state index contributed by atoms with van der Waals surface area (Å²) in [4.78, 5) is 15.2. The van der Waals surface area contributed by atoms with E-state index in [-0.39, 0.29) is 6.04 Å². The smallest absolute Gasteiger partial charge is 0.163 e. The minimum Gasteiger partial charge on any atom is -0.297 e. The van der Waals surface area contributed by atoms with Crippen LogP contribution in [0.3, 0.4) is 0 Å². The van der Waals surface area contributed by atoms with Gasteiger partial charge in [-0.1, -0.05) is 6.42 Å². The van der Waals surface area contributed by atoms with Gasteiger partial charge in [-0.2, -0.15) is 0 Å². The fourth-order valence-electron chi connectivity index (χ4n) is 1.51. The highest BCUT2D eigenvalue weighted by Gasteiger charge is 2.34. The van der Waals surface area contributed by atoms with Crippen LogP contribution >= 0.6 is 0 Å². The summed E-state index contributed by atoms with van der Waals surface area (Å²) in [6, 6.07) is 0.0558. The molecule has 2 heteroatoms. The average molecular weight is 137 g/mol. The number of fused-ring (bicyclic) bond motifs is 1. The van der Waals surface area contributed by atoms with Crippen LogP contribution in [0.2, 0.25) is 0 Å². The summed E-state index contributed by atoms with van der Waals surface area (Å²) in [5.41, 5.74) is 1.17. The number of aliphatic imine (C=N–C) groups is 1. The first-order valence-electron chi connectivity index (χ1n) is 3.97. The molecule has 0 spiro atoms. The van der Waals surface area contributed by atoms with E-state index in [1.807, 2.05) is 0 Å². The quantitative estimate of drug-likeness (QED) is 0.495. The van der Waals surface area contributed by atoms with E-state index in [1.54, 1.807) is 0 Å². The van der Waals surface area contributed by atoms with E-state index in [9.17, 15) is 4.79 Å². The first-order valence-corrected chi connectivity index (χ1v) is 3.97. The van der Waals surface area contributed by atoms with Gasteiger partial charge in [0, 0.05) is 12.1 Å². The average Bonchev–Trinajstić information content (AvgIpc) is 2.62. The molecule has 0 amide bonds. The van der Waals surface area contributed by atoms with E-state index in [2.05, 4.69) is 4.99 Å². The largest absolute Gasteiger partial charge is 0.297 e. The molecule has 1 aliphatic heterocycles. The van der Waals surface area contributed by atoms with Gasteiger partial charge in [-0.3, -0.25) is 9.79 Å². The number of carbonyl (C=O) groups is 1. The summed E-state index contributed by atoms with van der Waals surface area (Å²) < 4.78 is 0. The molecule has 2 rings (SSSR count). The molecule has 1 aliphatic carbocycles. The molecule has 0 aromatic heterocycles. The fourth-order valence-corrected chi connectivity index (χ4v) is 1.51. The van der Waals surface area contributed by atoms with E-state index in [4.69, 9.17) is 0 Å². The normalized spacial score (nSPS) is 31.8. The molecule has 10 heavy (non-hydrogen) atoms. The Hall–Kier alpha value is -0.660. The highest BCUT2D eigenvalue weighted by molar-refractivity contribution is 6.18. The second-order valence-electron chi connectivity index (χ2n) is 3.05. The number of ketones is 1. The summed E-state index contributed by atoms with van der Waals surface area (Å²) >= 11 is 0. The molecule has 1 saturated carbocycles. The van der Waals surface area contributed by atoms with Crippen LogP contribution in [0.1, 0.15) is 32.1 Å². The van der Waals surface area contributed by atoms with Gasteiger partial charge in [0.2, 0.25) is 0 Å². The lowest BCUT2D eigenvalue weighted by atomic mass is 10.00. The van der Waals surface area contributed by atoms with Crippen molar-refractivity contribution in [3.63, 3.8) is 0 Å². The Bertz CT molecular complexity index is 195. The third-order valence-corrected chi connectivity index (χ3v) is 2.20. The minimum absolute atomic E-state index is 0.0558. The van der Waals surface area contributed by atoms with Gasteiger partial charge >= 0.3 is 0 Å². The van der Waals surface area contributed by atoms with Crippen LogP contribution in [0, 0.1) is 0 Å². The van der Waals surface area contributed by atoms with Crippen molar-refractivity contribution in [3.05, 3.63) is 0 Å². The zero-order valence-corrected chi connectivity index (χ0v) is 5.97. The Labute approximate surface area is 60.3 Å². The minimum atomic E-state index is 0.0558. The van der Waals surface area contributed by atoms with Crippen molar-refractivity contribution >= 4 is 11.5 Å². The zero-order chi connectivity index (χ0) is 6.97. The highest BCUT2D eigenvalue weighted by atomic mass is 16.1. The van der Waals surface area contributed by atoms with Crippen molar-refractivity contribution in [2.75, 3.05) is 0 Å². The molecule has 0 N–H and O–H groups in total. The fraction of sp³-hybridized carbons (Fsp3) is 0.750. The first-order chi connectivity index (χ1) is 4.88. The number of carbonyl (C=O) groups excluding carboxylic acids is 1. The third kappa shape index (κ3) is 0.981. The van der Waals surface area contributed by atoms with Gasteiger partial charge in [-0.25, -0.2) is 0 Å². The number of Topliss-reactive ketones (excluding diaryl/α,β-unsaturated/α-hetero) is 1. The Kier molecular flexibility index (Phi) is 1.33. The third-order valence-electron chi connectivity index (χ3n) is 2.20. The van der Waals surface area contributed by atoms with Gasteiger partial charge in [0.15, 0.2) is 5.78 Å². The Morgan fingerprint density at radius 3 is 2.90 bits per heavy atom. The summed E-state index contributed by atoms with van der Waals surface area (Å²) in [6.45, 7) is 0. The molecule has 2 nitrogen and oxygen atoms in total. The molecule has 54 valence electrons. The molecule has 0 unspecified atom stereocenters. The van der Waals surface area contributed by atoms with Crippen molar-refractivity contribution in [1.29, 1.82) is 0 Å². The van der Waals surface area contributed by atoms with Gasteiger partial charge in [-0.15, -0.1) is 0 Å². The SMILES string of the molecule is O=C1CCCCCC2=N[C@H]12. The van der Waals surface area contributed by atoms with Gasteiger partial charge in [0.1, 0.15) is 6.04 Å². The molecule has 0 aromatic carbocycles. The van der Waals surface area contributed by atoms with Crippen LogP contribution in [-0.2, 0) is 4.79 Å². The summed E-state index contributed by atoms with van der Waals surface area (Å²) in [7, 11) is 0. The van der Waals surface area contributed by atoms with E-state index in [1.165, 1.54) is 18.6 Å². The van der Waals surface area contributed by atoms with E-state index in [0.29, 0.717) is 5.78 Å². The maximum atomic E-state index is 11.1. The number of rotatable bonds is 0. The van der Waals surface area contributed by atoms with Crippen molar-refractivity contribution < 1.29 is 4.79 Å². The van der Waals surface area contributed by atoms with Crippen molar-refractivity contribution in [1.82, 2.24) is 0 Å². The molecule has 0 aromatic rings. The summed E-state index contributed by atoms with van der Waals surface area (Å²) in [5, 5.41) is 0. The molecular formula is C8H11NO. The van der Waals surface area contributed by atoms with Gasteiger partial charge in [-0.05, 0) is 19.3 Å². The van der Waals surface area contributed by atoms with Crippen molar-refractivity contribution in [2.24, 2.45) is 4.99 Å². The van der Waals surface area contributed by atoms with Crippen molar-refractivity contribution in [2.45, 2.75) is 38.1 Å². The van der Waals surface area contributed by atoms with Gasteiger partial charge in [0.05, 0.1) is 0 Å². The van der Waals surface area contributed by atoms with E-state index in [0.717, 1.165) is 19.3 Å². The van der Waals surface area contributed by atoms with Crippen LogP contribution in [-0.4, -0.2) is 17.5 Å². The zero-order valence-electron chi connectivity index (χ0n) is 5.97. The molecule has 1 fully saturated rings. The number of hydrogen-bond donors (Lipinski definition) is 0. The maximum absolute atomic E-state index is 11.1. The van der Waals surface area contributed by atoms with Crippen LogP contribution in [0.4, 0.5) is 0 Å². The van der Waals surface area contributed by atoms with E-state index >= 15 is 0 Å². The van der Waals surface area contributed by atoms with Crippen LogP contribution in [0.25, 0.3) is 0 Å². The predicted molar refractivity (Wildman–Crippen MR) is 39.3 cm³/mol. The molecule has 2 aliphatic rings. The number of hydrogen-bond acceptors (Lipinski definition) is 2. The molecular weight excluding hydrogens is 126 g/mol. The monoisotopic (exact) mass is 137 g/mol. The molecule has 0 bridgehead atoms. The number of nitrogens with zero attached hydrogens (tertiary/aromatic N) is 1. The maximum Gasteiger partial charge on any atom is 0.163 e. The summed E-state index contributed by atoms with van der Waals surface area (Å²) in [5.74, 6) is 0.356. The second kappa shape index (κ2) is 2.19. The Morgan fingerprint density at radius 2 is 2.00 bits per heavy atom. The van der Waals surface area contributed by atoms with Crippen LogP contribution < -0.4 is 0 Å².